The topological polar surface area (TPSA) is 95.2 Å². The van der Waals surface area contributed by atoms with E-state index in [0.29, 0.717) is 16.6 Å². The van der Waals surface area contributed by atoms with Crippen LogP contribution in [0.15, 0.2) is 42.5 Å². The highest BCUT2D eigenvalue weighted by Crippen LogP contribution is 2.16. The van der Waals surface area contributed by atoms with E-state index in [-0.39, 0.29) is 6.61 Å². The van der Waals surface area contributed by atoms with E-state index in [1.807, 2.05) is 13.8 Å². The van der Waals surface area contributed by atoms with E-state index in [1.165, 1.54) is 0 Å². The summed E-state index contributed by atoms with van der Waals surface area (Å²) in [6, 6.07) is 11.7. The Labute approximate surface area is 144 Å². The van der Waals surface area contributed by atoms with Crippen molar-refractivity contribution < 1.29 is 14.3 Å². The van der Waals surface area contributed by atoms with Gasteiger partial charge in [0.05, 0.1) is 28.0 Å². The van der Waals surface area contributed by atoms with Crippen molar-refractivity contribution in [1.29, 1.82) is 0 Å². The third-order valence-electron chi connectivity index (χ3n) is 3.92. The number of carbonyl (C=O) groups is 2. The van der Waals surface area contributed by atoms with Gasteiger partial charge in [-0.15, -0.1) is 0 Å². The molecule has 0 atom stereocenters. The van der Waals surface area contributed by atoms with Gasteiger partial charge in [0.25, 0.3) is 0 Å². The van der Waals surface area contributed by atoms with E-state index >= 15 is 0 Å². The van der Waals surface area contributed by atoms with Gasteiger partial charge >= 0.3 is 5.97 Å². The molecule has 0 spiro atoms. The number of amides is 1. The molecule has 126 valence electrons. The van der Waals surface area contributed by atoms with Crippen LogP contribution in [-0.4, -0.2) is 21.8 Å². The molecular weight excluding hydrogens is 318 g/mol. The first-order valence-corrected chi connectivity index (χ1v) is 7.75. The van der Waals surface area contributed by atoms with Crippen LogP contribution in [-0.2, 0) is 11.3 Å². The number of primary amides is 1. The molecular formula is C19H17N3O3. The van der Waals surface area contributed by atoms with Gasteiger partial charge in [-0.1, -0.05) is 12.1 Å². The van der Waals surface area contributed by atoms with Crippen molar-refractivity contribution in [1.82, 2.24) is 9.97 Å². The molecule has 0 radical (unpaired) electrons. The second-order valence-electron chi connectivity index (χ2n) is 5.74. The van der Waals surface area contributed by atoms with Gasteiger partial charge in [0.15, 0.2) is 0 Å². The predicted molar refractivity (Wildman–Crippen MR) is 93.1 cm³/mol. The number of aryl methyl sites for hydroxylation is 2. The SMILES string of the molecule is Cc1nc2ccc(C(=O)OCc3ccc(C(N)=O)cc3)cc2nc1C. The zero-order valence-corrected chi connectivity index (χ0v) is 13.9. The van der Waals surface area contributed by atoms with Crippen LogP contribution in [0.4, 0.5) is 0 Å². The lowest BCUT2D eigenvalue weighted by molar-refractivity contribution is 0.0472. The molecule has 2 aromatic carbocycles. The molecule has 0 aliphatic heterocycles. The fourth-order valence-electron chi connectivity index (χ4n) is 2.36. The van der Waals surface area contributed by atoms with Crippen molar-refractivity contribution in [3.05, 3.63) is 70.5 Å². The minimum absolute atomic E-state index is 0.106. The number of aromatic nitrogens is 2. The fraction of sp³-hybridized carbons (Fsp3) is 0.158. The van der Waals surface area contributed by atoms with Crippen LogP contribution in [0, 0.1) is 13.8 Å². The molecule has 6 heteroatoms. The monoisotopic (exact) mass is 335 g/mol. The van der Waals surface area contributed by atoms with Gasteiger partial charge in [-0.3, -0.25) is 4.79 Å². The summed E-state index contributed by atoms with van der Waals surface area (Å²) in [5.74, 6) is -0.938. The molecule has 1 amide bonds. The van der Waals surface area contributed by atoms with Gasteiger partial charge < -0.3 is 10.5 Å². The van der Waals surface area contributed by atoms with Crippen molar-refractivity contribution in [3.63, 3.8) is 0 Å². The van der Waals surface area contributed by atoms with Crippen molar-refractivity contribution >= 4 is 22.9 Å². The largest absolute Gasteiger partial charge is 0.457 e. The summed E-state index contributed by atoms with van der Waals surface area (Å²) in [6.07, 6.45) is 0. The van der Waals surface area contributed by atoms with Gasteiger partial charge in [0.1, 0.15) is 6.61 Å². The molecule has 3 rings (SSSR count). The lowest BCUT2D eigenvalue weighted by Gasteiger charge is -2.07. The third-order valence-corrected chi connectivity index (χ3v) is 3.92. The van der Waals surface area contributed by atoms with Crippen LogP contribution in [0.3, 0.4) is 0 Å². The quantitative estimate of drug-likeness (QED) is 0.740. The molecule has 3 aromatic rings. The summed E-state index contributed by atoms with van der Waals surface area (Å²) in [5.41, 5.74) is 9.87. The highest BCUT2D eigenvalue weighted by Gasteiger charge is 2.10. The lowest BCUT2D eigenvalue weighted by atomic mass is 10.1. The average molecular weight is 335 g/mol. The standard InChI is InChI=1S/C19H17N3O3/c1-11-12(2)22-17-9-15(7-8-16(17)21-11)19(24)25-10-13-3-5-14(6-4-13)18(20)23/h3-9H,10H2,1-2H3,(H2,20,23). The van der Waals surface area contributed by atoms with Crippen molar-refractivity contribution in [2.24, 2.45) is 5.73 Å². The van der Waals surface area contributed by atoms with Gasteiger partial charge in [0.2, 0.25) is 5.91 Å². The van der Waals surface area contributed by atoms with Gasteiger partial charge in [-0.2, -0.15) is 0 Å². The summed E-state index contributed by atoms with van der Waals surface area (Å²) in [7, 11) is 0. The lowest BCUT2D eigenvalue weighted by Crippen LogP contribution is -2.11. The second kappa shape index (κ2) is 6.68. The first kappa shape index (κ1) is 16.6. The number of carbonyl (C=O) groups excluding carboxylic acids is 2. The van der Waals surface area contributed by atoms with Crippen LogP contribution < -0.4 is 5.73 Å². The van der Waals surface area contributed by atoms with E-state index in [9.17, 15) is 9.59 Å². The number of esters is 1. The molecule has 6 nitrogen and oxygen atoms in total. The van der Waals surface area contributed by atoms with Crippen LogP contribution in [0.1, 0.15) is 37.7 Å². The Morgan fingerprint density at radius 3 is 2.16 bits per heavy atom. The molecule has 0 aliphatic rings. The minimum Gasteiger partial charge on any atom is -0.457 e. The zero-order valence-electron chi connectivity index (χ0n) is 13.9. The molecule has 1 heterocycles. The average Bonchev–Trinajstić information content (AvgIpc) is 2.60. The van der Waals surface area contributed by atoms with Crippen LogP contribution in [0.5, 0.6) is 0 Å². The van der Waals surface area contributed by atoms with Gasteiger partial charge in [-0.25, -0.2) is 14.8 Å². The number of rotatable bonds is 4. The number of hydrogen-bond donors (Lipinski definition) is 1. The summed E-state index contributed by atoms with van der Waals surface area (Å²) in [4.78, 5) is 32.2. The van der Waals surface area contributed by atoms with Gasteiger partial charge in [-0.05, 0) is 49.7 Å². The van der Waals surface area contributed by atoms with Gasteiger partial charge in [0, 0.05) is 5.56 Å². The maximum atomic E-state index is 12.2. The van der Waals surface area contributed by atoms with E-state index in [4.69, 9.17) is 10.5 Å². The number of nitrogens with zero attached hydrogens (tertiary/aromatic N) is 2. The highest BCUT2D eigenvalue weighted by atomic mass is 16.5. The van der Waals surface area contributed by atoms with Crippen molar-refractivity contribution in [2.45, 2.75) is 20.5 Å². The van der Waals surface area contributed by atoms with Crippen LogP contribution in [0.2, 0.25) is 0 Å². The maximum absolute atomic E-state index is 12.2. The van der Waals surface area contributed by atoms with Crippen molar-refractivity contribution in [3.8, 4) is 0 Å². The normalized spacial score (nSPS) is 10.6. The Morgan fingerprint density at radius 1 is 0.920 bits per heavy atom. The van der Waals surface area contributed by atoms with E-state index in [1.54, 1.807) is 42.5 Å². The Hall–Kier alpha value is -3.28. The Kier molecular flexibility index (Phi) is 4.43. The molecule has 25 heavy (non-hydrogen) atoms. The van der Waals surface area contributed by atoms with E-state index < -0.39 is 11.9 Å². The Balaban J connectivity index is 1.73. The first-order chi connectivity index (χ1) is 11.9. The van der Waals surface area contributed by atoms with Crippen molar-refractivity contribution in [2.75, 3.05) is 0 Å². The van der Waals surface area contributed by atoms with E-state index in [2.05, 4.69) is 9.97 Å². The first-order valence-electron chi connectivity index (χ1n) is 7.75. The minimum atomic E-state index is -0.494. The number of fused-ring (bicyclic) bond motifs is 1. The molecule has 0 saturated carbocycles. The third kappa shape index (κ3) is 3.63. The second-order valence-corrected chi connectivity index (χ2v) is 5.74. The molecule has 1 aromatic heterocycles. The molecule has 0 fully saturated rings. The maximum Gasteiger partial charge on any atom is 0.338 e. The van der Waals surface area contributed by atoms with Crippen LogP contribution in [0.25, 0.3) is 11.0 Å². The molecule has 0 unspecified atom stereocenters. The Bertz CT molecular complexity index is 966. The summed E-state index contributed by atoms with van der Waals surface area (Å²) >= 11 is 0. The molecule has 0 saturated heterocycles. The zero-order chi connectivity index (χ0) is 18.0. The number of nitrogens with two attached hydrogens (primary N) is 1. The summed E-state index contributed by atoms with van der Waals surface area (Å²) in [5, 5.41) is 0. The highest BCUT2D eigenvalue weighted by molar-refractivity contribution is 5.94. The molecule has 0 aliphatic carbocycles. The van der Waals surface area contributed by atoms with Crippen LogP contribution >= 0.6 is 0 Å². The Morgan fingerprint density at radius 2 is 1.52 bits per heavy atom. The number of hydrogen-bond acceptors (Lipinski definition) is 5. The predicted octanol–water partition coefficient (Wildman–Crippen LogP) is 2.70. The molecule has 0 bridgehead atoms. The van der Waals surface area contributed by atoms with E-state index in [0.717, 1.165) is 22.5 Å². The smallest absolute Gasteiger partial charge is 0.338 e. The summed E-state index contributed by atoms with van der Waals surface area (Å²) in [6.45, 7) is 3.88. The summed E-state index contributed by atoms with van der Waals surface area (Å²) < 4.78 is 5.31. The molecule has 2 N–H and O–H groups in total. The number of ether oxygens (including phenoxy) is 1. The fourth-order valence-corrected chi connectivity index (χ4v) is 2.36. The number of benzene rings is 2.